The first kappa shape index (κ1) is 38.1. The maximum absolute atomic E-state index is 11.6. The number of esters is 2. The summed E-state index contributed by atoms with van der Waals surface area (Å²) < 4.78 is 15.3. The van der Waals surface area contributed by atoms with Crippen LogP contribution >= 0.6 is 0 Å². The van der Waals surface area contributed by atoms with Gasteiger partial charge in [0.2, 0.25) is 0 Å². The van der Waals surface area contributed by atoms with Crippen LogP contribution in [0.15, 0.2) is 109 Å². The number of ether oxygens (including phenoxy) is 3. The van der Waals surface area contributed by atoms with Crippen molar-refractivity contribution < 1.29 is 28.9 Å². The Hall–Kier alpha value is -5.70. The van der Waals surface area contributed by atoms with Gasteiger partial charge in [0.25, 0.3) is 0 Å². The molecule has 0 atom stereocenters. The molecule has 0 saturated carbocycles. The van der Waals surface area contributed by atoms with Crippen molar-refractivity contribution in [2.45, 2.75) is 27.0 Å². The van der Waals surface area contributed by atoms with E-state index in [9.17, 15) is 9.59 Å². The Bertz CT molecular complexity index is 1860. The van der Waals surface area contributed by atoms with Crippen LogP contribution in [0.5, 0.6) is 0 Å². The number of hydrogen-bond donors (Lipinski definition) is 1. The van der Waals surface area contributed by atoms with Crippen LogP contribution in [0.4, 0.5) is 0 Å². The van der Waals surface area contributed by atoms with Crippen molar-refractivity contribution in [1.82, 2.24) is 4.90 Å². The largest absolute Gasteiger partial charge is 0.462 e. The zero-order valence-electron chi connectivity index (χ0n) is 29.1. The molecule has 51 heavy (non-hydrogen) atoms. The molecule has 1 fully saturated rings. The van der Waals surface area contributed by atoms with Crippen molar-refractivity contribution >= 4 is 24.1 Å². The molecule has 4 aromatic carbocycles. The zero-order valence-corrected chi connectivity index (χ0v) is 29.1. The molecule has 4 aromatic rings. The molecule has 0 unspecified atom stereocenters. The van der Waals surface area contributed by atoms with Crippen molar-refractivity contribution in [2.24, 2.45) is 0 Å². The Kier molecular flexibility index (Phi) is 16.0. The number of carbonyl (C=O) groups excluding carboxylic acids is 2. The molecule has 1 heterocycles. The van der Waals surface area contributed by atoms with Gasteiger partial charge in [-0.3, -0.25) is 4.90 Å². The second-order valence-electron chi connectivity index (χ2n) is 11.3. The molecule has 0 spiro atoms. The quantitative estimate of drug-likeness (QED) is 0.148. The number of aliphatic hydroxyl groups is 1. The smallest absolute Gasteiger partial charge is 0.338 e. The fourth-order valence-corrected chi connectivity index (χ4v) is 4.82. The van der Waals surface area contributed by atoms with Crippen LogP contribution in [0.1, 0.15) is 67.9 Å². The van der Waals surface area contributed by atoms with Crippen LogP contribution in [-0.4, -0.2) is 61.5 Å². The van der Waals surface area contributed by atoms with Gasteiger partial charge >= 0.3 is 11.9 Å². The van der Waals surface area contributed by atoms with E-state index in [2.05, 4.69) is 52.8 Å². The van der Waals surface area contributed by atoms with Gasteiger partial charge < -0.3 is 19.3 Å². The van der Waals surface area contributed by atoms with E-state index in [0.29, 0.717) is 24.3 Å². The van der Waals surface area contributed by atoms with Crippen LogP contribution in [0.3, 0.4) is 0 Å². The Labute approximate surface area is 301 Å². The lowest BCUT2D eigenvalue weighted by Gasteiger charge is -2.26. The first-order valence-corrected chi connectivity index (χ1v) is 17.0. The van der Waals surface area contributed by atoms with E-state index in [0.717, 1.165) is 60.7 Å². The normalized spacial score (nSPS) is 12.5. The van der Waals surface area contributed by atoms with E-state index >= 15 is 0 Å². The fraction of sp³-hybridized carbons (Fsp3) is 0.227. The molecule has 0 radical (unpaired) electrons. The number of nitrogens with zero attached hydrogens (tertiary/aromatic N) is 1. The molecule has 260 valence electrons. The zero-order chi connectivity index (χ0) is 36.1. The molecule has 1 aliphatic heterocycles. The van der Waals surface area contributed by atoms with E-state index < -0.39 is 0 Å². The summed E-state index contributed by atoms with van der Waals surface area (Å²) in [6.07, 6.45) is 7.52. The Morgan fingerprint density at radius 1 is 0.667 bits per heavy atom. The lowest BCUT2D eigenvalue weighted by Crippen LogP contribution is -2.35. The molecule has 0 aromatic heterocycles. The minimum absolute atomic E-state index is 0.0472. The topological polar surface area (TPSA) is 85.3 Å². The summed E-state index contributed by atoms with van der Waals surface area (Å²) in [5.74, 6) is 11.4. The number of morpholine rings is 1. The molecule has 7 nitrogen and oxygen atoms in total. The van der Waals surface area contributed by atoms with E-state index in [1.807, 2.05) is 54.6 Å². The van der Waals surface area contributed by atoms with Gasteiger partial charge in [-0.25, -0.2) is 9.59 Å². The number of benzene rings is 4. The molecule has 0 bridgehead atoms. The van der Waals surface area contributed by atoms with E-state index in [4.69, 9.17) is 19.3 Å². The summed E-state index contributed by atoms with van der Waals surface area (Å²) in [7, 11) is 0. The summed E-state index contributed by atoms with van der Waals surface area (Å²) in [6, 6.07) is 30.3. The SMILES string of the molecule is CCOC(=O)c1ccc(C#C/C=C/c2ccc(CN3CCOCC3)cc2)cc1.CCOC(=O)c1ccc(C#C/C=C/c2ccc(CO)cc2)cc1. The number of allylic oxidation sites excluding steroid dienone is 2. The van der Waals surface area contributed by atoms with Crippen molar-refractivity contribution in [3.8, 4) is 23.7 Å². The molecule has 0 aliphatic carbocycles. The minimum atomic E-state index is -0.321. The first-order chi connectivity index (χ1) is 25.0. The Morgan fingerprint density at radius 2 is 1.10 bits per heavy atom. The minimum Gasteiger partial charge on any atom is -0.462 e. The standard InChI is InChI=1S/C24H25NO3.C20H18O3/c1-2-28-24(26)23-13-11-21(12-14-23)6-4-3-5-20-7-9-22(10-8-20)19-25-15-17-27-18-16-25;1-2-23-20(22)19-13-11-17(12-14-19)6-4-3-5-16-7-9-18(15-21)10-8-16/h3,5,7-14H,2,15-19H2,1H3;3,5,7-14,21H,2,15H2,1H3/b2*5-3+. The van der Waals surface area contributed by atoms with Crippen molar-refractivity contribution in [1.29, 1.82) is 0 Å². The van der Waals surface area contributed by atoms with Crippen LogP contribution in [0, 0.1) is 23.7 Å². The predicted molar refractivity (Wildman–Crippen MR) is 202 cm³/mol. The summed E-state index contributed by atoms with van der Waals surface area (Å²) >= 11 is 0. The molecule has 5 rings (SSSR count). The van der Waals surface area contributed by atoms with Crippen LogP contribution in [0.25, 0.3) is 12.2 Å². The number of carbonyl (C=O) groups is 2. The van der Waals surface area contributed by atoms with Gasteiger partial charge in [-0.1, -0.05) is 72.2 Å². The van der Waals surface area contributed by atoms with Gasteiger partial charge in [0.1, 0.15) is 0 Å². The lowest BCUT2D eigenvalue weighted by atomic mass is 10.1. The summed E-state index contributed by atoms with van der Waals surface area (Å²) in [5, 5.41) is 8.98. The molecular formula is C44H43NO6. The third-order valence-corrected chi connectivity index (χ3v) is 7.60. The van der Waals surface area contributed by atoms with Crippen molar-refractivity contribution in [2.75, 3.05) is 39.5 Å². The summed E-state index contributed by atoms with van der Waals surface area (Å²) in [5.41, 5.74) is 7.10. The highest BCUT2D eigenvalue weighted by Crippen LogP contribution is 2.11. The fourth-order valence-electron chi connectivity index (χ4n) is 4.82. The maximum Gasteiger partial charge on any atom is 0.338 e. The van der Waals surface area contributed by atoms with Crippen molar-refractivity contribution in [3.63, 3.8) is 0 Å². The number of rotatable bonds is 9. The third kappa shape index (κ3) is 13.6. The van der Waals surface area contributed by atoms with Gasteiger partial charge in [-0.2, -0.15) is 0 Å². The number of aliphatic hydroxyl groups excluding tert-OH is 1. The highest BCUT2D eigenvalue weighted by molar-refractivity contribution is 5.90. The molecule has 0 amide bonds. The second-order valence-corrected chi connectivity index (χ2v) is 11.3. The molecular weight excluding hydrogens is 638 g/mol. The van der Waals surface area contributed by atoms with E-state index in [1.54, 1.807) is 56.3 Å². The van der Waals surface area contributed by atoms with Gasteiger partial charge in [-0.15, -0.1) is 0 Å². The maximum atomic E-state index is 11.6. The average Bonchev–Trinajstić information content (AvgIpc) is 3.17. The van der Waals surface area contributed by atoms with Gasteiger partial charge in [0.15, 0.2) is 0 Å². The highest BCUT2D eigenvalue weighted by Gasteiger charge is 2.10. The average molecular weight is 682 g/mol. The Morgan fingerprint density at radius 3 is 1.51 bits per heavy atom. The third-order valence-electron chi connectivity index (χ3n) is 7.60. The monoisotopic (exact) mass is 681 g/mol. The summed E-state index contributed by atoms with van der Waals surface area (Å²) in [6.45, 7) is 8.97. The van der Waals surface area contributed by atoms with Crippen LogP contribution < -0.4 is 0 Å². The predicted octanol–water partition coefficient (Wildman–Crippen LogP) is 7.18. The highest BCUT2D eigenvalue weighted by atomic mass is 16.5. The Balaban J connectivity index is 0.000000233. The van der Waals surface area contributed by atoms with Gasteiger partial charge in [0.05, 0.1) is 44.2 Å². The number of hydrogen-bond acceptors (Lipinski definition) is 7. The first-order valence-electron chi connectivity index (χ1n) is 17.0. The summed E-state index contributed by atoms with van der Waals surface area (Å²) in [4.78, 5) is 25.6. The van der Waals surface area contributed by atoms with Gasteiger partial charge in [0, 0.05) is 30.8 Å². The molecule has 7 heteroatoms. The van der Waals surface area contributed by atoms with Crippen LogP contribution in [0.2, 0.25) is 0 Å². The van der Waals surface area contributed by atoms with E-state index in [1.165, 1.54) is 5.56 Å². The second kappa shape index (κ2) is 21.4. The lowest BCUT2D eigenvalue weighted by molar-refractivity contribution is 0.0342. The molecule has 1 N–H and O–H groups in total. The molecule has 1 saturated heterocycles. The van der Waals surface area contributed by atoms with Gasteiger partial charge in [-0.05, 0) is 109 Å². The van der Waals surface area contributed by atoms with Crippen molar-refractivity contribution in [3.05, 3.63) is 154 Å². The van der Waals surface area contributed by atoms with Crippen LogP contribution in [-0.2, 0) is 27.4 Å². The molecule has 1 aliphatic rings. The van der Waals surface area contributed by atoms with E-state index in [-0.39, 0.29) is 18.5 Å².